The van der Waals surface area contributed by atoms with E-state index in [0.717, 1.165) is 50.8 Å². The first-order chi connectivity index (χ1) is 10.2. The van der Waals surface area contributed by atoms with Crippen molar-refractivity contribution >= 4 is 11.5 Å². The average Bonchev–Trinajstić information content (AvgIpc) is 2.51. The summed E-state index contributed by atoms with van der Waals surface area (Å²) in [7, 11) is 0. The predicted molar refractivity (Wildman–Crippen MR) is 88.1 cm³/mol. The zero-order chi connectivity index (χ0) is 15.1. The minimum Gasteiger partial charge on any atom is -0.381 e. The Morgan fingerprint density at radius 1 is 1.43 bits per heavy atom. The molecule has 0 aromatic carbocycles. The highest BCUT2D eigenvalue weighted by Crippen LogP contribution is 2.15. The zero-order valence-corrected chi connectivity index (χ0v) is 13.4. The lowest BCUT2D eigenvalue weighted by atomic mass is 10.1. The fraction of sp³-hybridized carbons (Fsp3) is 0.688. The number of anilines is 2. The lowest BCUT2D eigenvalue weighted by Crippen LogP contribution is -2.43. The van der Waals surface area contributed by atoms with Crippen molar-refractivity contribution in [1.29, 1.82) is 0 Å². The minimum absolute atomic E-state index is 0.394. The molecule has 118 valence electrons. The summed E-state index contributed by atoms with van der Waals surface area (Å²) < 4.78 is 5.49. The lowest BCUT2D eigenvalue weighted by molar-refractivity contribution is 0.0731. The quantitative estimate of drug-likeness (QED) is 0.806. The van der Waals surface area contributed by atoms with Gasteiger partial charge in [0.05, 0.1) is 25.1 Å². The van der Waals surface area contributed by atoms with E-state index in [0.29, 0.717) is 12.1 Å². The second-order valence-electron chi connectivity index (χ2n) is 5.58. The maximum Gasteiger partial charge on any atom is 0.128 e. The van der Waals surface area contributed by atoms with E-state index in [9.17, 15) is 0 Å². The van der Waals surface area contributed by atoms with Crippen molar-refractivity contribution in [3.05, 3.63) is 18.3 Å². The molecule has 2 N–H and O–H groups in total. The Hall–Kier alpha value is -1.33. The fourth-order valence-electron chi connectivity index (χ4n) is 2.75. The molecular weight excluding hydrogens is 264 g/mol. The number of ether oxygens (including phenoxy) is 1. The van der Waals surface area contributed by atoms with Crippen molar-refractivity contribution < 1.29 is 4.74 Å². The van der Waals surface area contributed by atoms with Crippen LogP contribution in [0.2, 0.25) is 0 Å². The summed E-state index contributed by atoms with van der Waals surface area (Å²) in [4.78, 5) is 6.79. The zero-order valence-electron chi connectivity index (χ0n) is 13.4. The van der Waals surface area contributed by atoms with E-state index in [2.05, 4.69) is 53.4 Å². The van der Waals surface area contributed by atoms with Gasteiger partial charge in [-0.25, -0.2) is 4.98 Å². The summed E-state index contributed by atoms with van der Waals surface area (Å²) >= 11 is 0. The molecule has 0 radical (unpaired) electrons. The first kappa shape index (κ1) is 16.0. The number of morpholine rings is 1. The van der Waals surface area contributed by atoms with Crippen LogP contribution in [0.25, 0.3) is 0 Å². The Morgan fingerprint density at radius 2 is 2.24 bits per heavy atom. The first-order valence-electron chi connectivity index (χ1n) is 8.01. The van der Waals surface area contributed by atoms with Gasteiger partial charge in [0, 0.05) is 31.7 Å². The van der Waals surface area contributed by atoms with Gasteiger partial charge in [-0.1, -0.05) is 0 Å². The first-order valence-corrected chi connectivity index (χ1v) is 8.01. The summed E-state index contributed by atoms with van der Waals surface area (Å²) in [6, 6.07) is 5.04. The summed E-state index contributed by atoms with van der Waals surface area (Å²) in [5.74, 6) is 1.04. The van der Waals surface area contributed by atoms with E-state index >= 15 is 0 Å². The van der Waals surface area contributed by atoms with Gasteiger partial charge in [-0.15, -0.1) is 0 Å². The van der Waals surface area contributed by atoms with Crippen LogP contribution in [0, 0.1) is 0 Å². The third kappa shape index (κ3) is 4.86. The molecule has 2 heterocycles. The van der Waals surface area contributed by atoms with Crippen molar-refractivity contribution in [3.8, 4) is 0 Å². The van der Waals surface area contributed by atoms with Gasteiger partial charge in [0.15, 0.2) is 0 Å². The second kappa shape index (κ2) is 8.20. The van der Waals surface area contributed by atoms with Gasteiger partial charge < -0.3 is 20.3 Å². The summed E-state index contributed by atoms with van der Waals surface area (Å²) in [5, 5.41) is 7.00. The van der Waals surface area contributed by atoms with Crippen molar-refractivity contribution in [3.63, 3.8) is 0 Å². The standard InChI is InChI=1S/C16H28N4O/c1-4-20(5-2)16-7-6-14(11-18-16)19-13(3)10-15-12-21-9-8-17-15/h6-7,11,13,15,17,19H,4-5,8-10,12H2,1-3H3. The molecular formula is C16H28N4O. The monoisotopic (exact) mass is 292 g/mol. The number of nitrogens with one attached hydrogen (secondary N) is 2. The van der Waals surface area contributed by atoms with Gasteiger partial charge in [0.1, 0.15) is 5.82 Å². The fourth-order valence-corrected chi connectivity index (χ4v) is 2.75. The third-order valence-corrected chi connectivity index (χ3v) is 3.88. The topological polar surface area (TPSA) is 49.4 Å². The number of hydrogen-bond acceptors (Lipinski definition) is 5. The van der Waals surface area contributed by atoms with Crippen LogP contribution in [0.15, 0.2) is 18.3 Å². The van der Waals surface area contributed by atoms with Crippen molar-refractivity contribution in [2.24, 2.45) is 0 Å². The van der Waals surface area contributed by atoms with Gasteiger partial charge >= 0.3 is 0 Å². The Kier molecular flexibility index (Phi) is 6.26. The molecule has 1 fully saturated rings. The molecule has 1 aliphatic rings. The Morgan fingerprint density at radius 3 is 2.81 bits per heavy atom. The number of aromatic nitrogens is 1. The van der Waals surface area contributed by atoms with Crippen LogP contribution in [0.1, 0.15) is 27.2 Å². The van der Waals surface area contributed by atoms with E-state index in [1.54, 1.807) is 0 Å². The molecule has 0 spiro atoms. The van der Waals surface area contributed by atoms with Crippen LogP contribution in [-0.2, 0) is 4.74 Å². The normalized spacial score (nSPS) is 20.0. The molecule has 0 saturated carbocycles. The van der Waals surface area contributed by atoms with Crippen LogP contribution in [0.3, 0.4) is 0 Å². The average molecular weight is 292 g/mol. The molecule has 5 nitrogen and oxygen atoms in total. The summed E-state index contributed by atoms with van der Waals surface area (Å²) in [6.45, 7) is 11.1. The Labute approximate surface area is 128 Å². The minimum atomic E-state index is 0.394. The molecule has 0 bridgehead atoms. The van der Waals surface area contributed by atoms with Gasteiger partial charge in [-0.05, 0) is 39.3 Å². The number of pyridine rings is 1. The highest BCUT2D eigenvalue weighted by molar-refractivity contribution is 5.49. The van der Waals surface area contributed by atoms with Crippen LogP contribution in [0.4, 0.5) is 11.5 Å². The second-order valence-corrected chi connectivity index (χ2v) is 5.58. The van der Waals surface area contributed by atoms with Crippen LogP contribution >= 0.6 is 0 Å². The smallest absolute Gasteiger partial charge is 0.128 e. The van der Waals surface area contributed by atoms with E-state index in [4.69, 9.17) is 4.74 Å². The molecule has 1 aromatic heterocycles. The van der Waals surface area contributed by atoms with E-state index in [1.807, 2.05) is 6.20 Å². The van der Waals surface area contributed by atoms with Crippen LogP contribution in [-0.4, -0.2) is 49.9 Å². The van der Waals surface area contributed by atoms with E-state index in [1.165, 1.54) is 0 Å². The molecule has 2 rings (SSSR count). The molecule has 2 atom stereocenters. The number of nitrogens with zero attached hydrogens (tertiary/aromatic N) is 2. The van der Waals surface area contributed by atoms with E-state index < -0.39 is 0 Å². The highest BCUT2D eigenvalue weighted by Gasteiger charge is 2.16. The molecule has 21 heavy (non-hydrogen) atoms. The number of rotatable bonds is 7. The largest absolute Gasteiger partial charge is 0.381 e. The molecule has 2 unspecified atom stereocenters. The van der Waals surface area contributed by atoms with E-state index in [-0.39, 0.29) is 0 Å². The van der Waals surface area contributed by atoms with Gasteiger partial charge in [-0.2, -0.15) is 0 Å². The maximum absolute atomic E-state index is 5.49. The van der Waals surface area contributed by atoms with Gasteiger partial charge in [0.25, 0.3) is 0 Å². The maximum atomic E-state index is 5.49. The van der Waals surface area contributed by atoms with Gasteiger partial charge in [-0.3, -0.25) is 0 Å². The van der Waals surface area contributed by atoms with Crippen LogP contribution < -0.4 is 15.5 Å². The molecule has 0 amide bonds. The molecule has 1 saturated heterocycles. The molecule has 5 heteroatoms. The highest BCUT2D eigenvalue weighted by atomic mass is 16.5. The van der Waals surface area contributed by atoms with Crippen LogP contribution in [0.5, 0.6) is 0 Å². The third-order valence-electron chi connectivity index (χ3n) is 3.88. The Balaban J connectivity index is 1.84. The lowest BCUT2D eigenvalue weighted by Gasteiger charge is -2.27. The SMILES string of the molecule is CCN(CC)c1ccc(NC(C)CC2COCCN2)cn1. The molecule has 1 aliphatic heterocycles. The molecule has 1 aromatic rings. The van der Waals surface area contributed by atoms with Crippen molar-refractivity contribution in [2.45, 2.75) is 39.3 Å². The predicted octanol–water partition coefficient (Wildman–Crippen LogP) is 2.11. The summed E-state index contributed by atoms with van der Waals surface area (Å²) in [5.41, 5.74) is 1.08. The molecule has 0 aliphatic carbocycles. The van der Waals surface area contributed by atoms with Crippen molar-refractivity contribution in [2.75, 3.05) is 43.1 Å². The number of hydrogen-bond donors (Lipinski definition) is 2. The summed E-state index contributed by atoms with van der Waals surface area (Å²) in [6.07, 6.45) is 2.98. The Bertz CT molecular complexity index is 399. The van der Waals surface area contributed by atoms with Crippen molar-refractivity contribution in [1.82, 2.24) is 10.3 Å². The van der Waals surface area contributed by atoms with Gasteiger partial charge in [0.2, 0.25) is 0 Å².